The van der Waals surface area contributed by atoms with Crippen LogP contribution in [0.15, 0.2) is 0 Å². The maximum absolute atomic E-state index is 3.63. The van der Waals surface area contributed by atoms with Gasteiger partial charge >= 0.3 is 0 Å². The molecule has 1 unspecified atom stereocenters. The van der Waals surface area contributed by atoms with Crippen molar-refractivity contribution >= 4 is 11.8 Å². The van der Waals surface area contributed by atoms with E-state index in [1.54, 1.807) is 0 Å². The lowest BCUT2D eigenvalue weighted by atomic mass is 10.0. The Morgan fingerprint density at radius 1 is 1.31 bits per heavy atom. The van der Waals surface area contributed by atoms with E-state index in [0.717, 1.165) is 5.92 Å². The summed E-state index contributed by atoms with van der Waals surface area (Å²) in [4.78, 5) is 2.63. The van der Waals surface area contributed by atoms with Crippen molar-refractivity contribution in [3.8, 4) is 0 Å². The van der Waals surface area contributed by atoms with Gasteiger partial charge in [0.05, 0.1) is 0 Å². The van der Waals surface area contributed by atoms with Gasteiger partial charge in [-0.05, 0) is 12.5 Å². The third-order valence-electron chi connectivity index (χ3n) is 3.60. The van der Waals surface area contributed by atoms with Crippen LogP contribution < -0.4 is 5.32 Å². The molecule has 0 aromatic heterocycles. The van der Waals surface area contributed by atoms with Gasteiger partial charge in [0.1, 0.15) is 0 Å². The van der Waals surface area contributed by atoms with Crippen LogP contribution in [0.3, 0.4) is 0 Å². The molecule has 0 amide bonds. The van der Waals surface area contributed by atoms with Gasteiger partial charge in [-0.15, -0.1) is 0 Å². The Kier molecular flexibility index (Phi) is 7.50. The lowest BCUT2D eigenvalue weighted by Gasteiger charge is -2.31. The Labute approximate surface area is 106 Å². The van der Waals surface area contributed by atoms with Gasteiger partial charge in [-0.25, -0.2) is 0 Å². The molecule has 1 aliphatic rings. The number of hydrogen-bond donors (Lipinski definition) is 1. The third kappa shape index (κ3) is 5.07. The van der Waals surface area contributed by atoms with Crippen molar-refractivity contribution in [3.05, 3.63) is 0 Å². The highest BCUT2D eigenvalue weighted by atomic mass is 32.2. The zero-order chi connectivity index (χ0) is 11.8. The predicted molar refractivity (Wildman–Crippen MR) is 75.3 cm³/mol. The molecule has 2 nitrogen and oxygen atoms in total. The van der Waals surface area contributed by atoms with Crippen LogP contribution in [0.2, 0.25) is 0 Å². The van der Waals surface area contributed by atoms with Gasteiger partial charge in [0.15, 0.2) is 0 Å². The molecule has 0 aromatic rings. The van der Waals surface area contributed by atoms with E-state index in [9.17, 15) is 0 Å². The van der Waals surface area contributed by atoms with Crippen molar-refractivity contribution < 1.29 is 0 Å². The van der Waals surface area contributed by atoms with Crippen LogP contribution in [0.4, 0.5) is 0 Å². The summed E-state index contributed by atoms with van der Waals surface area (Å²) < 4.78 is 0. The van der Waals surface area contributed by atoms with E-state index in [4.69, 9.17) is 0 Å². The highest BCUT2D eigenvalue weighted by Crippen LogP contribution is 2.13. The number of nitrogens with one attached hydrogen (secondary N) is 1. The number of thioether (sulfide) groups is 1. The average molecular weight is 244 g/mol. The topological polar surface area (TPSA) is 15.3 Å². The molecule has 0 bridgehead atoms. The molecule has 0 spiro atoms. The zero-order valence-corrected chi connectivity index (χ0v) is 12.0. The quantitative estimate of drug-likeness (QED) is 0.740. The lowest BCUT2D eigenvalue weighted by molar-refractivity contribution is 0.216. The van der Waals surface area contributed by atoms with Gasteiger partial charge in [0, 0.05) is 37.2 Å². The standard InChI is InChI=1S/C13H28N2S/c1-4-12(5-2)9-15(6-3)10-13-11-16-8-7-14-13/h12-14H,4-11H2,1-3H3. The highest BCUT2D eigenvalue weighted by molar-refractivity contribution is 7.99. The van der Waals surface area contributed by atoms with E-state index in [-0.39, 0.29) is 0 Å². The number of likely N-dealkylation sites (N-methyl/N-ethyl adjacent to an activating group) is 1. The molecular formula is C13H28N2S. The van der Waals surface area contributed by atoms with E-state index in [0.29, 0.717) is 6.04 Å². The second kappa shape index (κ2) is 8.37. The van der Waals surface area contributed by atoms with Gasteiger partial charge in [-0.3, -0.25) is 0 Å². The van der Waals surface area contributed by atoms with Gasteiger partial charge < -0.3 is 10.2 Å². The van der Waals surface area contributed by atoms with Crippen LogP contribution in [0.25, 0.3) is 0 Å². The molecule has 16 heavy (non-hydrogen) atoms. The molecule has 1 heterocycles. The van der Waals surface area contributed by atoms with Crippen LogP contribution in [0, 0.1) is 5.92 Å². The van der Waals surface area contributed by atoms with Crippen molar-refractivity contribution in [3.63, 3.8) is 0 Å². The SMILES string of the molecule is CCC(CC)CN(CC)CC1CSCCN1. The summed E-state index contributed by atoms with van der Waals surface area (Å²) in [6, 6.07) is 0.716. The second-order valence-corrected chi connectivity index (χ2v) is 5.91. The van der Waals surface area contributed by atoms with Crippen molar-refractivity contribution in [2.24, 2.45) is 5.92 Å². The van der Waals surface area contributed by atoms with Crippen LogP contribution in [0.1, 0.15) is 33.6 Å². The fourth-order valence-electron chi connectivity index (χ4n) is 2.29. The molecule has 1 fully saturated rings. The fourth-order valence-corrected chi connectivity index (χ4v) is 3.23. The van der Waals surface area contributed by atoms with Crippen LogP contribution in [-0.4, -0.2) is 48.6 Å². The smallest absolute Gasteiger partial charge is 0.0285 e. The fraction of sp³-hybridized carbons (Fsp3) is 1.00. The summed E-state index contributed by atoms with van der Waals surface area (Å²) in [6.45, 7) is 11.8. The molecule has 3 heteroatoms. The summed E-state index contributed by atoms with van der Waals surface area (Å²) >= 11 is 2.10. The van der Waals surface area contributed by atoms with Crippen molar-refractivity contribution in [1.82, 2.24) is 10.2 Å². The second-order valence-electron chi connectivity index (χ2n) is 4.76. The average Bonchev–Trinajstić information content (AvgIpc) is 2.35. The molecule has 1 rings (SSSR count). The molecule has 0 saturated carbocycles. The van der Waals surface area contributed by atoms with Gasteiger partial charge in [-0.2, -0.15) is 11.8 Å². The first-order valence-electron chi connectivity index (χ1n) is 6.83. The van der Waals surface area contributed by atoms with Gasteiger partial charge in [0.25, 0.3) is 0 Å². The summed E-state index contributed by atoms with van der Waals surface area (Å²) in [5.41, 5.74) is 0. The van der Waals surface area contributed by atoms with E-state index in [2.05, 4.69) is 42.7 Å². The zero-order valence-electron chi connectivity index (χ0n) is 11.2. The molecule has 1 aliphatic heterocycles. The van der Waals surface area contributed by atoms with Gasteiger partial charge in [0.2, 0.25) is 0 Å². The van der Waals surface area contributed by atoms with Crippen molar-refractivity contribution in [2.75, 3.05) is 37.7 Å². The summed E-state index contributed by atoms with van der Waals surface area (Å²) in [5, 5.41) is 3.63. The minimum absolute atomic E-state index is 0.716. The Morgan fingerprint density at radius 2 is 2.06 bits per heavy atom. The third-order valence-corrected chi connectivity index (χ3v) is 4.73. The normalized spacial score (nSPS) is 21.9. The minimum atomic E-state index is 0.716. The Hall–Kier alpha value is 0.270. The van der Waals surface area contributed by atoms with Crippen LogP contribution in [-0.2, 0) is 0 Å². The molecule has 0 aromatic carbocycles. The Balaban J connectivity index is 2.29. The maximum Gasteiger partial charge on any atom is 0.0285 e. The minimum Gasteiger partial charge on any atom is -0.311 e. The van der Waals surface area contributed by atoms with E-state index in [1.165, 1.54) is 50.5 Å². The largest absolute Gasteiger partial charge is 0.311 e. The highest BCUT2D eigenvalue weighted by Gasteiger charge is 2.17. The van der Waals surface area contributed by atoms with Crippen LogP contribution in [0.5, 0.6) is 0 Å². The molecule has 1 saturated heterocycles. The monoisotopic (exact) mass is 244 g/mol. The molecule has 96 valence electrons. The van der Waals surface area contributed by atoms with E-state index in [1.807, 2.05) is 0 Å². The van der Waals surface area contributed by atoms with E-state index >= 15 is 0 Å². The molecule has 1 atom stereocenters. The van der Waals surface area contributed by atoms with E-state index < -0.39 is 0 Å². The molecule has 0 aliphatic carbocycles. The molecular weight excluding hydrogens is 216 g/mol. The van der Waals surface area contributed by atoms with Gasteiger partial charge in [-0.1, -0.05) is 33.6 Å². The molecule has 0 radical (unpaired) electrons. The van der Waals surface area contributed by atoms with Crippen molar-refractivity contribution in [1.29, 1.82) is 0 Å². The first kappa shape index (κ1) is 14.3. The number of rotatable bonds is 7. The van der Waals surface area contributed by atoms with Crippen LogP contribution >= 0.6 is 11.8 Å². The number of nitrogens with zero attached hydrogens (tertiary/aromatic N) is 1. The summed E-state index contributed by atoms with van der Waals surface area (Å²) in [7, 11) is 0. The predicted octanol–water partition coefficient (Wildman–Crippen LogP) is 2.45. The lowest BCUT2D eigenvalue weighted by Crippen LogP contribution is -2.47. The summed E-state index contributed by atoms with van der Waals surface area (Å²) in [5.74, 6) is 3.46. The number of hydrogen-bond acceptors (Lipinski definition) is 3. The first-order valence-corrected chi connectivity index (χ1v) is 7.99. The maximum atomic E-state index is 3.63. The Bertz CT molecular complexity index is 165. The molecule has 1 N–H and O–H groups in total. The Morgan fingerprint density at radius 3 is 2.56 bits per heavy atom. The summed E-state index contributed by atoms with van der Waals surface area (Å²) in [6.07, 6.45) is 2.64. The first-order chi connectivity index (χ1) is 7.80. The van der Waals surface area contributed by atoms with Crippen molar-refractivity contribution in [2.45, 2.75) is 39.7 Å².